The first-order valence-corrected chi connectivity index (χ1v) is 4.75. The number of carbonyl (C=O) groups excluding carboxylic acids is 1. The second-order valence-corrected chi connectivity index (χ2v) is 3.28. The van der Waals surface area contributed by atoms with E-state index in [4.69, 9.17) is 9.52 Å². The highest BCUT2D eigenvalue weighted by Crippen LogP contribution is 2.06. The molecule has 1 rings (SSSR count). The SMILES string of the molecule is O=C(CSCCO)c1ccco1. The lowest BCUT2D eigenvalue weighted by Gasteiger charge is -1.95. The van der Waals surface area contributed by atoms with E-state index in [-0.39, 0.29) is 12.4 Å². The van der Waals surface area contributed by atoms with Crippen molar-refractivity contribution in [1.29, 1.82) is 0 Å². The highest BCUT2D eigenvalue weighted by Gasteiger charge is 2.07. The Morgan fingerprint density at radius 3 is 3.08 bits per heavy atom. The molecule has 0 amide bonds. The number of aliphatic hydroxyl groups is 1. The summed E-state index contributed by atoms with van der Waals surface area (Å²) in [4.78, 5) is 11.2. The highest BCUT2D eigenvalue weighted by molar-refractivity contribution is 7.99. The first-order valence-electron chi connectivity index (χ1n) is 3.60. The van der Waals surface area contributed by atoms with Crippen LogP contribution in [0.2, 0.25) is 0 Å². The molecule has 0 unspecified atom stereocenters. The molecule has 1 N–H and O–H groups in total. The number of hydrogen-bond acceptors (Lipinski definition) is 4. The number of rotatable bonds is 5. The Labute approximate surface area is 74.8 Å². The topological polar surface area (TPSA) is 50.4 Å². The molecule has 0 aliphatic rings. The predicted octanol–water partition coefficient (Wildman–Crippen LogP) is 1.19. The maximum Gasteiger partial charge on any atom is 0.207 e. The van der Waals surface area contributed by atoms with Crippen LogP contribution in [0, 0.1) is 0 Å². The Balaban J connectivity index is 2.30. The third kappa shape index (κ3) is 2.71. The van der Waals surface area contributed by atoms with Gasteiger partial charge in [-0.25, -0.2) is 0 Å². The van der Waals surface area contributed by atoms with Crippen molar-refractivity contribution in [1.82, 2.24) is 0 Å². The minimum absolute atomic E-state index is 0.0292. The summed E-state index contributed by atoms with van der Waals surface area (Å²) in [5.74, 6) is 1.32. The van der Waals surface area contributed by atoms with Gasteiger partial charge in [-0.3, -0.25) is 4.79 Å². The number of ketones is 1. The van der Waals surface area contributed by atoms with E-state index in [1.165, 1.54) is 18.0 Å². The maximum atomic E-state index is 11.2. The van der Waals surface area contributed by atoms with Crippen LogP contribution in [0.5, 0.6) is 0 Å². The molecule has 1 aromatic heterocycles. The van der Waals surface area contributed by atoms with Gasteiger partial charge in [-0.1, -0.05) is 0 Å². The van der Waals surface area contributed by atoms with Crippen LogP contribution in [0.4, 0.5) is 0 Å². The van der Waals surface area contributed by atoms with Gasteiger partial charge in [0.1, 0.15) is 0 Å². The van der Waals surface area contributed by atoms with Crippen LogP contribution in [0.1, 0.15) is 10.6 Å². The zero-order valence-electron chi connectivity index (χ0n) is 6.53. The van der Waals surface area contributed by atoms with E-state index in [1.54, 1.807) is 12.1 Å². The number of furan rings is 1. The largest absolute Gasteiger partial charge is 0.461 e. The molecule has 1 heterocycles. The molecular weight excluding hydrogens is 176 g/mol. The molecule has 0 atom stereocenters. The van der Waals surface area contributed by atoms with Gasteiger partial charge in [0.25, 0.3) is 0 Å². The van der Waals surface area contributed by atoms with E-state index in [0.29, 0.717) is 17.3 Å². The summed E-state index contributed by atoms with van der Waals surface area (Å²) < 4.78 is 4.90. The van der Waals surface area contributed by atoms with Gasteiger partial charge >= 0.3 is 0 Å². The molecule has 0 radical (unpaired) electrons. The Bertz CT molecular complexity index is 230. The maximum absolute atomic E-state index is 11.2. The van der Waals surface area contributed by atoms with Crippen molar-refractivity contribution in [3.63, 3.8) is 0 Å². The monoisotopic (exact) mass is 186 g/mol. The normalized spacial score (nSPS) is 10.1. The first-order chi connectivity index (χ1) is 5.84. The summed E-state index contributed by atoms with van der Waals surface area (Å²) in [5, 5.41) is 8.45. The molecule has 0 saturated heterocycles. The zero-order valence-corrected chi connectivity index (χ0v) is 7.34. The molecule has 0 aliphatic carbocycles. The van der Waals surface area contributed by atoms with Crippen LogP contribution >= 0.6 is 11.8 Å². The quantitative estimate of drug-likeness (QED) is 0.554. The minimum Gasteiger partial charge on any atom is -0.461 e. The van der Waals surface area contributed by atoms with Crippen molar-refractivity contribution in [2.45, 2.75) is 0 Å². The van der Waals surface area contributed by atoms with E-state index in [0.717, 1.165) is 0 Å². The summed E-state index contributed by atoms with van der Waals surface area (Å²) in [6.07, 6.45) is 1.48. The van der Waals surface area contributed by atoms with E-state index in [2.05, 4.69) is 0 Å². The van der Waals surface area contributed by atoms with Gasteiger partial charge in [0.2, 0.25) is 5.78 Å². The number of carbonyl (C=O) groups is 1. The van der Waals surface area contributed by atoms with Crippen molar-refractivity contribution in [3.05, 3.63) is 24.2 Å². The number of thioether (sulfide) groups is 1. The molecule has 4 heteroatoms. The minimum atomic E-state index is -0.0292. The van der Waals surface area contributed by atoms with Gasteiger partial charge in [0.05, 0.1) is 18.6 Å². The fraction of sp³-hybridized carbons (Fsp3) is 0.375. The Morgan fingerprint density at radius 1 is 1.67 bits per heavy atom. The van der Waals surface area contributed by atoms with Crippen LogP contribution in [-0.2, 0) is 0 Å². The van der Waals surface area contributed by atoms with Gasteiger partial charge in [-0.15, -0.1) is 0 Å². The average Bonchev–Trinajstić information content (AvgIpc) is 2.56. The molecule has 0 aliphatic heterocycles. The van der Waals surface area contributed by atoms with Crippen LogP contribution in [-0.4, -0.2) is 29.0 Å². The van der Waals surface area contributed by atoms with Crippen LogP contribution < -0.4 is 0 Å². The van der Waals surface area contributed by atoms with E-state index < -0.39 is 0 Å². The average molecular weight is 186 g/mol. The van der Waals surface area contributed by atoms with Gasteiger partial charge < -0.3 is 9.52 Å². The predicted molar refractivity (Wildman–Crippen MR) is 47.4 cm³/mol. The second kappa shape index (κ2) is 5.00. The van der Waals surface area contributed by atoms with Crippen molar-refractivity contribution >= 4 is 17.5 Å². The van der Waals surface area contributed by atoms with Crippen LogP contribution in [0.25, 0.3) is 0 Å². The van der Waals surface area contributed by atoms with Crippen LogP contribution in [0.15, 0.2) is 22.8 Å². The molecule has 0 spiro atoms. The second-order valence-electron chi connectivity index (χ2n) is 2.18. The number of Topliss-reactive ketones (excluding diaryl/α,β-unsaturated/α-hetero) is 1. The van der Waals surface area contributed by atoms with E-state index in [1.807, 2.05) is 0 Å². The lowest BCUT2D eigenvalue weighted by atomic mass is 10.3. The molecule has 0 aromatic carbocycles. The molecule has 0 fully saturated rings. The fourth-order valence-electron chi connectivity index (χ4n) is 0.738. The summed E-state index contributed by atoms with van der Waals surface area (Å²) in [7, 11) is 0. The summed E-state index contributed by atoms with van der Waals surface area (Å²) >= 11 is 1.40. The molecule has 0 bridgehead atoms. The third-order valence-corrected chi connectivity index (χ3v) is 2.20. The smallest absolute Gasteiger partial charge is 0.207 e. The molecular formula is C8H10O3S. The third-order valence-electron chi connectivity index (χ3n) is 1.26. The zero-order chi connectivity index (χ0) is 8.81. The standard InChI is InChI=1S/C8H10O3S/c9-3-5-12-6-7(10)8-2-1-4-11-8/h1-2,4,9H,3,5-6H2. The van der Waals surface area contributed by atoms with Gasteiger partial charge in [-0.05, 0) is 12.1 Å². The molecule has 3 nitrogen and oxygen atoms in total. The van der Waals surface area contributed by atoms with E-state index >= 15 is 0 Å². The number of aliphatic hydroxyl groups excluding tert-OH is 1. The van der Waals surface area contributed by atoms with Crippen molar-refractivity contribution in [2.24, 2.45) is 0 Å². The Kier molecular flexibility index (Phi) is 3.90. The lowest BCUT2D eigenvalue weighted by molar-refractivity contribution is 0.0992. The summed E-state index contributed by atoms with van der Waals surface area (Å²) in [6.45, 7) is 0.107. The molecule has 1 aromatic rings. The van der Waals surface area contributed by atoms with E-state index in [9.17, 15) is 4.79 Å². The summed E-state index contributed by atoms with van der Waals surface area (Å²) in [6, 6.07) is 3.33. The molecule has 12 heavy (non-hydrogen) atoms. The first kappa shape index (κ1) is 9.35. The van der Waals surface area contributed by atoms with Gasteiger partial charge in [0.15, 0.2) is 5.76 Å². The Morgan fingerprint density at radius 2 is 2.50 bits per heavy atom. The van der Waals surface area contributed by atoms with Crippen molar-refractivity contribution in [2.75, 3.05) is 18.1 Å². The lowest BCUT2D eigenvalue weighted by Crippen LogP contribution is -2.02. The van der Waals surface area contributed by atoms with Crippen LogP contribution in [0.3, 0.4) is 0 Å². The van der Waals surface area contributed by atoms with Gasteiger partial charge in [0, 0.05) is 5.75 Å². The fourth-order valence-corrected chi connectivity index (χ4v) is 1.34. The van der Waals surface area contributed by atoms with Crippen molar-refractivity contribution < 1.29 is 14.3 Å². The Hall–Kier alpha value is -0.740. The van der Waals surface area contributed by atoms with Crippen molar-refractivity contribution in [3.8, 4) is 0 Å². The van der Waals surface area contributed by atoms with Gasteiger partial charge in [-0.2, -0.15) is 11.8 Å². The number of hydrogen-bond donors (Lipinski definition) is 1. The summed E-state index contributed by atoms with van der Waals surface area (Å²) in [5.41, 5.74) is 0. The molecule has 0 saturated carbocycles. The highest BCUT2D eigenvalue weighted by atomic mass is 32.2. The molecule has 66 valence electrons.